The largest absolute Gasteiger partial charge is 0.480 e. The summed E-state index contributed by atoms with van der Waals surface area (Å²) in [5, 5.41) is 12.4. The first-order valence-corrected chi connectivity index (χ1v) is 13.9. The van der Waals surface area contributed by atoms with E-state index in [2.05, 4.69) is 5.32 Å². The number of hydrogen-bond donors (Lipinski definition) is 2. The van der Waals surface area contributed by atoms with E-state index in [1.807, 2.05) is 42.5 Å². The number of carboxylic acid groups (broad SMARTS) is 1. The Morgan fingerprint density at radius 3 is 2.47 bits per heavy atom. The zero-order chi connectivity index (χ0) is 26.5. The molecule has 0 spiro atoms. The van der Waals surface area contributed by atoms with Crippen LogP contribution in [0.25, 0.3) is 11.1 Å². The first kappa shape index (κ1) is 24.4. The molecule has 2 aliphatic heterocycles. The highest BCUT2D eigenvalue weighted by molar-refractivity contribution is 7.89. The van der Waals surface area contributed by atoms with Gasteiger partial charge in [0.1, 0.15) is 6.04 Å². The van der Waals surface area contributed by atoms with Crippen molar-refractivity contribution in [3.05, 3.63) is 72.3 Å². The third-order valence-corrected chi connectivity index (χ3v) is 9.44. The van der Waals surface area contributed by atoms with Gasteiger partial charge in [-0.3, -0.25) is 9.59 Å². The number of hydrogen-bond acceptors (Lipinski definition) is 6. The molecule has 0 aromatic heterocycles. The monoisotopic (exact) mass is 536 g/mol. The summed E-state index contributed by atoms with van der Waals surface area (Å²) in [6.07, 6.45) is 2.31. The van der Waals surface area contributed by atoms with Gasteiger partial charge in [0.05, 0.1) is 10.3 Å². The van der Waals surface area contributed by atoms with E-state index in [0.717, 1.165) is 33.8 Å². The minimum atomic E-state index is -3.92. The van der Waals surface area contributed by atoms with Crippen molar-refractivity contribution in [2.45, 2.75) is 42.0 Å². The Bertz CT molecular complexity index is 1540. The third-order valence-electron chi connectivity index (χ3n) is 7.51. The topological polar surface area (TPSA) is 122 Å². The summed E-state index contributed by atoms with van der Waals surface area (Å²) in [6, 6.07) is 18.3. The summed E-state index contributed by atoms with van der Waals surface area (Å²) in [5.74, 6) is 0.109. The minimum Gasteiger partial charge on any atom is -0.480 e. The molecule has 1 aliphatic carbocycles. The molecule has 2 N–H and O–H groups in total. The average Bonchev–Trinajstić information content (AvgIpc) is 3.33. The van der Waals surface area contributed by atoms with Crippen LogP contribution >= 0.6 is 0 Å². The summed E-state index contributed by atoms with van der Waals surface area (Å²) >= 11 is 0. The molecule has 198 valence electrons. The Balaban J connectivity index is 0.00000308. The van der Waals surface area contributed by atoms with Gasteiger partial charge < -0.3 is 19.9 Å². The van der Waals surface area contributed by atoms with E-state index in [4.69, 9.17) is 9.47 Å². The summed E-state index contributed by atoms with van der Waals surface area (Å²) < 4.78 is 38.0. The number of sulfonamides is 1. The van der Waals surface area contributed by atoms with Crippen LogP contribution in [0.3, 0.4) is 0 Å². The van der Waals surface area contributed by atoms with Crippen molar-refractivity contribution in [2.24, 2.45) is 0 Å². The molecule has 9 nitrogen and oxygen atoms in total. The van der Waals surface area contributed by atoms with Crippen LogP contribution in [-0.2, 0) is 25.0 Å². The van der Waals surface area contributed by atoms with Crippen LogP contribution in [0.2, 0.25) is 0 Å². The number of carbonyl (C=O) groups is 2. The van der Waals surface area contributed by atoms with Gasteiger partial charge in [-0.25, -0.2) is 8.42 Å². The molecule has 2 fully saturated rings. The maximum absolute atomic E-state index is 13.3. The van der Waals surface area contributed by atoms with Crippen molar-refractivity contribution >= 4 is 27.6 Å². The fourth-order valence-electron chi connectivity index (χ4n) is 5.22. The summed E-state index contributed by atoms with van der Waals surface area (Å²) in [6.45, 7) is 0.370. The van der Waals surface area contributed by atoms with E-state index in [1.165, 1.54) is 12.1 Å². The Kier molecular flexibility index (Phi) is 5.88. The van der Waals surface area contributed by atoms with E-state index in [0.29, 0.717) is 30.0 Å². The number of ether oxygens (including phenoxy) is 2. The van der Waals surface area contributed by atoms with Crippen molar-refractivity contribution in [3.63, 3.8) is 0 Å². The van der Waals surface area contributed by atoms with Crippen LogP contribution in [0.1, 0.15) is 32.7 Å². The standard InChI is InChI=1S/C28H26N2O7S.H2/c31-26(32)23-5-2-14-30(23)38(34,35)22-9-6-18(7-10-22)19-3-1-4-21(15-19)29-27(33)28(12-13-28)20-8-11-24-25(16-20)37-17-36-24;/h1,3-4,6-11,15-16,23H,2,5,12-14,17H2,(H,29,33)(H,31,32);1H/t23-;/m0./s1. The molecule has 0 radical (unpaired) electrons. The number of carboxylic acids is 1. The maximum Gasteiger partial charge on any atom is 0.322 e. The van der Waals surface area contributed by atoms with Gasteiger partial charge in [-0.1, -0.05) is 30.3 Å². The first-order valence-electron chi connectivity index (χ1n) is 12.4. The van der Waals surface area contributed by atoms with Gasteiger partial charge in [-0.15, -0.1) is 0 Å². The van der Waals surface area contributed by atoms with Crippen LogP contribution in [-0.4, -0.2) is 49.1 Å². The summed E-state index contributed by atoms with van der Waals surface area (Å²) in [4.78, 5) is 24.8. The molecule has 10 heteroatoms. The van der Waals surface area contributed by atoms with E-state index >= 15 is 0 Å². The van der Waals surface area contributed by atoms with Gasteiger partial charge in [0.15, 0.2) is 11.5 Å². The van der Waals surface area contributed by atoms with Gasteiger partial charge in [0.25, 0.3) is 0 Å². The van der Waals surface area contributed by atoms with Gasteiger partial charge in [0, 0.05) is 13.7 Å². The average molecular weight is 537 g/mol. The molecule has 2 heterocycles. The zero-order valence-electron chi connectivity index (χ0n) is 20.4. The van der Waals surface area contributed by atoms with Gasteiger partial charge >= 0.3 is 5.97 Å². The Labute approximate surface area is 221 Å². The number of fused-ring (bicyclic) bond motifs is 1. The van der Waals surface area contributed by atoms with Crippen molar-refractivity contribution in [1.29, 1.82) is 0 Å². The molecule has 1 amide bonds. The van der Waals surface area contributed by atoms with Crippen LogP contribution in [0.15, 0.2) is 71.6 Å². The van der Waals surface area contributed by atoms with Crippen LogP contribution < -0.4 is 14.8 Å². The number of nitrogens with zero attached hydrogens (tertiary/aromatic N) is 1. The lowest BCUT2D eigenvalue weighted by atomic mass is 9.94. The second-order valence-electron chi connectivity index (χ2n) is 9.82. The fourth-order valence-corrected chi connectivity index (χ4v) is 6.87. The predicted molar refractivity (Wildman–Crippen MR) is 141 cm³/mol. The maximum atomic E-state index is 13.3. The molecule has 6 rings (SSSR count). The number of nitrogens with one attached hydrogen (secondary N) is 1. The Morgan fingerprint density at radius 2 is 1.74 bits per heavy atom. The SMILES string of the molecule is O=C(O)[C@@H]1CCCN1S(=O)(=O)c1ccc(-c2cccc(NC(=O)C3(c4ccc5c(c4)OCO5)CC3)c2)cc1.[HH]. The molecule has 3 aromatic carbocycles. The molecule has 1 saturated carbocycles. The van der Waals surface area contributed by atoms with Crippen molar-refractivity contribution in [3.8, 4) is 22.6 Å². The fraction of sp³-hybridized carbons (Fsp3) is 0.286. The van der Waals surface area contributed by atoms with Gasteiger partial charge in [-0.05, 0) is 78.8 Å². The van der Waals surface area contributed by atoms with E-state index < -0.39 is 27.4 Å². The highest BCUT2D eigenvalue weighted by Crippen LogP contribution is 2.51. The van der Waals surface area contributed by atoms with Gasteiger partial charge in [0.2, 0.25) is 22.7 Å². The quantitative estimate of drug-likeness (QED) is 0.463. The Morgan fingerprint density at radius 1 is 0.974 bits per heavy atom. The second kappa shape index (κ2) is 9.14. The molecule has 0 unspecified atom stereocenters. The van der Waals surface area contributed by atoms with Crippen LogP contribution in [0.4, 0.5) is 5.69 Å². The van der Waals surface area contributed by atoms with Crippen LogP contribution in [0.5, 0.6) is 11.5 Å². The number of carbonyl (C=O) groups excluding carboxylic acids is 1. The molecule has 38 heavy (non-hydrogen) atoms. The zero-order valence-corrected chi connectivity index (χ0v) is 21.2. The van der Waals surface area contributed by atoms with E-state index in [1.54, 1.807) is 12.1 Å². The van der Waals surface area contributed by atoms with Gasteiger partial charge in [-0.2, -0.15) is 4.31 Å². The highest BCUT2D eigenvalue weighted by atomic mass is 32.2. The summed E-state index contributed by atoms with van der Waals surface area (Å²) in [7, 11) is -3.92. The lowest BCUT2D eigenvalue weighted by Gasteiger charge is -2.21. The molecule has 1 atom stereocenters. The van der Waals surface area contributed by atoms with E-state index in [-0.39, 0.29) is 25.6 Å². The summed E-state index contributed by atoms with van der Waals surface area (Å²) in [5.41, 5.74) is 2.52. The Hall–Kier alpha value is -3.89. The number of rotatable bonds is 7. The lowest BCUT2D eigenvalue weighted by molar-refractivity contribution is -0.140. The second-order valence-corrected chi connectivity index (χ2v) is 11.7. The minimum absolute atomic E-state index is 0. The van der Waals surface area contributed by atoms with Crippen molar-refractivity contribution < 1.29 is 34.0 Å². The van der Waals surface area contributed by atoms with Crippen LogP contribution in [0, 0.1) is 0 Å². The molecule has 3 aliphatic rings. The van der Waals surface area contributed by atoms with Crippen molar-refractivity contribution in [1.82, 2.24) is 4.31 Å². The normalized spacial score (nSPS) is 19.7. The molecule has 3 aromatic rings. The molecular weight excluding hydrogens is 508 g/mol. The number of benzene rings is 3. The number of amides is 1. The molecule has 0 bridgehead atoms. The number of aliphatic carboxylic acids is 1. The van der Waals surface area contributed by atoms with Crippen molar-refractivity contribution in [2.75, 3.05) is 18.7 Å². The van der Waals surface area contributed by atoms with E-state index in [9.17, 15) is 23.1 Å². The number of anilines is 1. The lowest BCUT2D eigenvalue weighted by Crippen LogP contribution is -2.40. The smallest absolute Gasteiger partial charge is 0.322 e. The first-order chi connectivity index (χ1) is 18.3. The molecular formula is C28H28N2O7S. The third kappa shape index (κ3) is 4.19. The molecule has 1 saturated heterocycles. The predicted octanol–water partition coefficient (Wildman–Crippen LogP) is 4.24. The highest BCUT2D eigenvalue weighted by Gasteiger charge is 2.51.